The molecule has 0 unspecified atom stereocenters. The topological polar surface area (TPSA) is 121 Å². The second-order valence-electron chi connectivity index (χ2n) is 8.07. The Morgan fingerprint density at radius 1 is 0.886 bits per heavy atom. The molecule has 0 spiro atoms. The number of hydrogen-bond acceptors (Lipinski definition) is 9. The van der Waals surface area contributed by atoms with Gasteiger partial charge in [0.25, 0.3) is 5.91 Å². The molecule has 4 heterocycles. The molecule has 0 aliphatic carbocycles. The first kappa shape index (κ1) is 22.4. The Balaban J connectivity index is 1.30. The van der Waals surface area contributed by atoms with Gasteiger partial charge in [-0.2, -0.15) is 4.98 Å². The summed E-state index contributed by atoms with van der Waals surface area (Å²) in [5.74, 6) is 2.10. The SMILES string of the molecule is Cc1cccc(-c2nccc(Nc3ccnc(Nc4cccc(C(=O)N5CCNCC5)c4)n3)n2)n1. The lowest BCUT2D eigenvalue weighted by atomic mass is 10.1. The molecule has 1 amide bonds. The fourth-order valence-electron chi connectivity index (χ4n) is 3.75. The number of rotatable bonds is 6. The molecule has 10 heteroatoms. The van der Waals surface area contributed by atoms with E-state index in [1.807, 2.05) is 54.3 Å². The Bertz CT molecular complexity index is 1340. The molecule has 0 saturated carbocycles. The molecule has 1 aliphatic rings. The van der Waals surface area contributed by atoms with Gasteiger partial charge in [0.1, 0.15) is 17.3 Å². The van der Waals surface area contributed by atoms with Gasteiger partial charge in [0.2, 0.25) is 5.95 Å². The van der Waals surface area contributed by atoms with Gasteiger partial charge in [-0.3, -0.25) is 4.79 Å². The summed E-state index contributed by atoms with van der Waals surface area (Å²) in [5.41, 5.74) is 2.96. The van der Waals surface area contributed by atoms with Crippen molar-refractivity contribution in [1.29, 1.82) is 0 Å². The van der Waals surface area contributed by atoms with Crippen molar-refractivity contribution in [1.82, 2.24) is 35.1 Å². The number of nitrogens with zero attached hydrogens (tertiary/aromatic N) is 6. The number of carbonyl (C=O) groups excluding carboxylic acids is 1. The smallest absolute Gasteiger partial charge is 0.254 e. The second-order valence-corrected chi connectivity index (χ2v) is 8.07. The number of benzene rings is 1. The summed E-state index contributed by atoms with van der Waals surface area (Å²) < 4.78 is 0. The number of amides is 1. The van der Waals surface area contributed by atoms with Crippen LogP contribution in [0.25, 0.3) is 11.5 Å². The molecule has 0 radical (unpaired) electrons. The van der Waals surface area contributed by atoms with E-state index in [0.29, 0.717) is 47.8 Å². The van der Waals surface area contributed by atoms with Gasteiger partial charge in [0.15, 0.2) is 5.82 Å². The minimum absolute atomic E-state index is 0.0224. The Morgan fingerprint density at radius 2 is 1.66 bits per heavy atom. The highest BCUT2D eigenvalue weighted by Gasteiger charge is 2.18. The van der Waals surface area contributed by atoms with Crippen LogP contribution in [0.5, 0.6) is 0 Å². The predicted octanol–water partition coefficient (Wildman–Crippen LogP) is 3.17. The molecule has 1 aromatic carbocycles. The highest BCUT2D eigenvalue weighted by Crippen LogP contribution is 2.20. The highest BCUT2D eigenvalue weighted by molar-refractivity contribution is 5.95. The van der Waals surface area contributed by atoms with Crippen molar-refractivity contribution in [3.63, 3.8) is 0 Å². The molecule has 0 atom stereocenters. The number of carbonyl (C=O) groups is 1. The van der Waals surface area contributed by atoms with Crippen LogP contribution in [0.3, 0.4) is 0 Å². The van der Waals surface area contributed by atoms with Crippen LogP contribution < -0.4 is 16.0 Å². The number of hydrogen-bond donors (Lipinski definition) is 3. The molecule has 5 rings (SSSR count). The third-order valence-electron chi connectivity index (χ3n) is 5.45. The first-order chi connectivity index (χ1) is 17.1. The number of aryl methyl sites for hydroxylation is 1. The van der Waals surface area contributed by atoms with Gasteiger partial charge in [-0.05, 0) is 49.4 Å². The summed E-state index contributed by atoms with van der Waals surface area (Å²) in [6.45, 7) is 4.97. The van der Waals surface area contributed by atoms with E-state index in [1.54, 1.807) is 24.5 Å². The summed E-state index contributed by atoms with van der Waals surface area (Å²) in [6.07, 6.45) is 3.33. The molecule has 176 valence electrons. The van der Waals surface area contributed by atoms with Crippen molar-refractivity contribution < 1.29 is 4.79 Å². The quantitative estimate of drug-likeness (QED) is 0.393. The first-order valence-electron chi connectivity index (χ1n) is 11.4. The standard InChI is InChI=1S/C25H25N9O/c1-17-4-2-7-20(29-17)23-27-10-8-21(32-23)31-22-9-11-28-25(33-22)30-19-6-3-5-18(16-19)24(35)34-14-12-26-13-15-34/h2-11,16,26H,12-15H2,1H3,(H2,27,28,30,31,32,33). The van der Waals surface area contributed by atoms with Crippen molar-refractivity contribution in [3.8, 4) is 11.5 Å². The van der Waals surface area contributed by atoms with Crippen LogP contribution in [0.15, 0.2) is 67.0 Å². The zero-order valence-electron chi connectivity index (χ0n) is 19.3. The van der Waals surface area contributed by atoms with Gasteiger partial charge in [-0.1, -0.05) is 12.1 Å². The largest absolute Gasteiger partial charge is 0.336 e. The molecular weight excluding hydrogens is 442 g/mol. The summed E-state index contributed by atoms with van der Waals surface area (Å²) in [6, 6.07) is 16.6. The second kappa shape index (κ2) is 10.2. The van der Waals surface area contributed by atoms with Crippen LogP contribution in [0.1, 0.15) is 16.1 Å². The van der Waals surface area contributed by atoms with E-state index in [2.05, 4.69) is 40.9 Å². The van der Waals surface area contributed by atoms with Gasteiger partial charge >= 0.3 is 0 Å². The molecule has 4 aromatic rings. The maximum absolute atomic E-state index is 12.8. The Labute approximate surface area is 202 Å². The van der Waals surface area contributed by atoms with Crippen LogP contribution in [0.2, 0.25) is 0 Å². The average molecular weight is 468 g/mol. The minimum atomic E-state index is 0.0224. The Hall–Kier alpha value is -4.44. The van der Waals surface area contributed by atoms with Crippen molar-refractivity contribution in [2.24, 2.45) is 0 Å². The Kier molecular flexibility index (Phi) is 6.53. The van der Waals surface area contributed by atoms with Crippen LogP contribution in [-0.4, -0.2) is 61.9 Å². The van der Waals surface area contributed by atoms with Crippen LogP contribution >= 0.6 is 0 Å². The van der Waals surface area contributed by atoms with Gasteiger partial charge in [-0.15, -0.1) is 0 Å². The maximum Gasteiger partial charge on any atom is 0.254 e. The molecule has 3 N–H and O–H groups in total. The number of nitrogens with one attached hydrogen (secondary N) is 3. The summed E-state index contributed by atoms with van der Waals surface area (Å²) in [4.78, 5) is 36.9. The van der Waals surface area contributed by atoms with Crippen molar-refractivity contribution in [2.45, 2.75) is 6.92 Å². The van der Waals surface area contributed by atoms with Gasteiger partial charge < -0.3 is 20.9 Å². The molecule has 3 aromatic heterocycles. The van der Waals surface area contributed by atoms with Crippen LogP contribution in [0.4, 0.5) is 23.3 Å². The molecule has 0 bridgehead atoms. The fourth-order valence-corrected chi connectivity index (χ4v) is 3.75. The number of aromatic nitrogens is 5. The molecule has 35 heavy (non-hydrogen) atoms. The molecule has 1 fully saturated rings. The minimum Gasteiger partial charge on any atom is -0.336 e. The lowest BCUT2D eigenvalue weighted by Gasteiger charge is -2.27. The van der Waals surface area contributed by atoms with Crippen molar-refractivity contribution >= 4 is 29.2 Å². The fraction of sp³-hybridized carbons (Fsp3) is 0.200. The van der Waals surface area contributed by atoms with Crippen molar-refractivity contribution in [2.75, 3.05) is 36.8 Å². The van der Waals surface area contributed by atoms with E-state index in [-0.39, 0.29) is 5.91 Å². The monoisotopic (exact) mass is 467 g/mol. The zero-order chi connectivity index (χ0) is 24.0. The highest BCUT2D eigenvalue weighted by atomic mass is 16.2. The lowest BCUT2D eigenvalue weighted by molar-refractivity contribution is 0.0736. The van der Waals surface area contributed by atoms with Crippen molar-refractivity contribution in [3.05, 3.63) is 78.2 Å². The summed E-state index contributed by atoms with van der Waals surface area (Å²) in [7, 11) is 0. The van der Waals surface area contributed by atoms with E-state index >= 15 is 0 Å². The Morgan fingerprint density at radius 3 is 2.49 bits per heavy atom. The molecule has 1 aliphatic heterocycles. The van der Waals surface area contributed by atoms with E-state index in [4.69, 9.17) is 0 Å². The third kappa shape index (κ3) is 5.56. The van der Waals surface area contributed by atoms with E-state index in [9.17, 15) is 4.79 Å². The lowest BCUT2D eigenvalue weighted by Crippen LogP contribution is -2.46. The maximum atomic E-state index is 12.8. The average Bonchev–Trinajstić information content (AvgIpc) is 2.89. The van der Waals surface area contributed by atoms with Gasteiger partial charge in [0, 0.05) is 55.5 Å². The predicted molar refractivity (Wildman–Crippen MR) is 134 cm³/mol. The third-order valence-corrected chi connectivity index (χ3v) is 5.45. The van der Waals surface area contributed by atoms with Gasteiger partial charge in [-0.25, -0.2) is 19.9 Å². The van der Waals surface area contributed by atoms with E-state index < -0.39 is 0 Å². The first-order valence-corrected chi connectivity index (χ1v) is 11.4. The van der Waals surface area contributed by atoms with E-state index in [0.717, 1.165) is 24.5 Å². The van der Waals surface area contributed by atoms with E-state index in [1.165, 1.54) is 0 Å². The zero-order valence-corrected chi connectivity index (χ0v) is 19.3. The number of anilines is 4. The normalized spacial score (nSPS) is 13.3. The van der Waals surface area contributed by atoms with Crippen LogP contribution in [0, 0.1) is 6.92 Å². The van der Waals surface area contributed by atoms with Gasteiger partial charge in [0.05, 0.1) is 0 Å². The number of pyridine rings is 1. The van der Waals surface area contributed by atoms with Crippen LogP contribution in [-0.2, 0) is 0 Å². The summed E-state index contributed by atoms with van der Waals surface area (Å²) >= 11 is 0. The summed E-state index contributed by atoms with van der Waals surface area (Å²) in [5, 5.41) is 9.64. The molecule has 1 saturated heterocycles. The molecule has 10 nitrogen and oxygen atoms in total. The number of piperazine rings is 1. The molecular formula is C25H25N9O.